The molecule has 6 heteroatoms. The molecular formula is C10H14N6. The Balaban J connectivity index is 1.87. The summed E-state index contributed by atoms with van der Waals surface area (Å²) in [5, 5.41) is 10.8. The van der Waals surface area contributed by atoms with E-state index >= 15 is 0 Å². The fraction of sp³-hybridized carbons (Fsp3) is 0.300. The van der Waals surface area contributed by atoms with Crippen molar-refractivity contribution in [2.75, 3.05) is 17.6 Å². The Labute approximate surface area is 93.5 Å². The molecule has 0 bridgehead atoms. The van der Waals surface area contributed by atoms with Gasteiger partial charge in [0.15, 0.2) is 0 Å². The largest absolute Gasteiger partial charge is 0.397 e. The van der Waals surface area contributed by atoms with Crippen molar-refractivity contribution in [2.24, 2.45) is 0 Å². The molecule has 0 amide bonds. The smallest absolute Gasteiger partial charge is 0.126 e. The number of aryl methyl sites for hydroxylation is 1. The Morgan fingerprint density at radius 2 is 2.31 bits per heavy atom. The number of nitrogen functional groups attached to an aromatic ring is 1. The van der Waals surface area contributed by atoms with Crippen LogP contribution in [0.1, 0.15) is 5.69 Å². The standard InChI is InChI=1S/C10H14N6/c1-8-9(11)2-3-10(14-8)12-4-6-16-7-5-13-15-16/h2-3,5,7H,4,6,11H2,1H3,(H,12,14). The normalized spacial score (nSPS) is 10.3. The van der Waals surface area contributed by atoms with Crippen LogP contribution >= 0.6 is 0 Å². The molecule has 2 aromatic rings. The number of nitrogens with zero attached hydrogens (tertiary/aromatic N) is 4. The molecule has 0 saturated heterocycles. The zero-order chi connectivity index (χ0) is 11.4. The molecule has 3 N–H and O–H groups in total. The summed E-state index contributed by atoms with van der Waals surface area (Å²) in [7, 11) is 0. The molecule has 2 aromatic heterocycles. The van der Waals surface area contributed by atoms with Gasteiger partial charge in [0, 0.05) is 12.7 Å². The minimum Gasteiger partial charge on any atom is -0.397 e. The molecule has 0 spiro atoms. The molecule has 0 unspecified atom stereocenters. The van der Waals surface area contributed by atoms with Gasteiger partial charge in [0.05, 0.1) is 24.1 Å². The third-order valence-corrected chi connectivity index (χ3v) is 2.25. The first-order valence-electron chi connectivity index (χ1n) is 5.07. The summed E-state index contributed by atoms with van der Waals surface area (Å²) in [4.78, 5) is 4.31. The minimum absolute atomic E-state index is 0.710. The van der Waals surface area contributed by atoms with Crippen LogP contribution < -0.4 is 11.1 Å². The van der Waals surface area contributed by atoms with E-state index in [1.54, 1.807) is 10.9 Å². The average Bonchev–Trinajstić information content (AvgIpc) is 2.76. The lowest BCUT2D eigenvalue weighted by Gasteiger charge is -2.07. The van der Waals surface area contributed by atoms with Crippen LogP contribution in [0.4, 0.5) is 11.5 Å². The van der Waals surface area contributed by atoms with Crippen molar-refractivity contribution < 1.29 is 0 Å². The summed E-state index contributed by atoms with van der Waals surface area (Å²) in [6.45, 7) is 3.39. The van der Waals surface area contributed by atoms with Crippen LogP contribution in [-0.2, 0) is 6.54 Å². The van der Waals surface area contributed by atoms with Crippen LogP contribution in [0.25, 0.3) is 0 Å². The van der Waals surface area contributed by atoms with E-state index < -0.39 is 0 Å². The topological polar surface area (TPSA) is 81.7 Å². The number of rotatable bonds is 4. The number of hydrogen-bond acceptors (Lipinski definition) is 5. The van der Waals surface area contributed by atoms with E-state index in [0.717, 1.165) is 24.6 Å². The van der Waals surface area contributed by atoms with Gasteiger partial charge >= 0.3 is 0 Å². The van der Waals surface area contributed by atoms with E-state index in [9.17, 15) is 0 Å². The quantitative estimate of drug-likeness (QED) is 0.788. The number of nitrogens with one attached hydrogen (secondary N) is 1. The predicted octanol–water partition coefficient (Wildman–Crippen LogP) is 0.676. The van der Waals surface area contributed by atoms with Gasteiger partial charge in [-0.25, -0.2) is 4.98 Å². The van der Waals surface area contributed by atoms with Crippen LogP contribution in [0.3, 0.4) is 0 Å². The molecule has 16 heavy (non-hydrogen) atoms. The summed E-state index contributed by atoms with van der Waals surface area (Å²) in [6.07, 6.45) is 3.48. The predicted molar refractivity (Wildman–Crippen MR) is 61.9 cm³/mol. The summed E-state index contributed by atoms with van der Waals surface area (Å²) in [5.41, 5.74) is 7.23. The van der Waals surface area contributed by atoms with Gasteiger partial charge in [-0.3, -0.25) is 4.68 Å². The number of hydrogen-bond donors (Lipinski definition) is 2. The molecule has 2 heterocycles. The highest BCUT2D eigenvalue weighted by atomic mass is 15.4. The molecule has 6 nitrogen and oxygen atoms in total. The van der Waals surface area contributed by atoms with Gasteiger partial charge in [0.25, 0.3) is 0 Å². The van der Waals surface area contributed by atoms with E-state index in [4.69, 9.17) is 5.73 Å². The summed E-state index contributed by atoms with van der Waals surface area (Å²) in [6, 6.07) is 3.71. The number of anilines is 2. The first-order valence-corrected chi connectivity index (χ1v) is 5.07. The molecule has 0 aliphatic heterocycles. The van der Waals surface area contributed by atoms with Crippen LogP contribution in [-0.4, -0.2) is 26.5 Å². The van der Waals surface area contributed by atoms with Crippen LogP contribution in [0.15, 0.2) is 24.5 Å². The van der Waals surface area contributed by atoms with Crippen molar-refractivity contribution in [2.45, 2.75) is 13.5 Å². The maximum Gasteiger partial charge on any atom is 0.126 e. The first kappa shape index (κ1) is 10.4. The SMILES string of the molecule is Cc1nc(NCCn2ccnn2)ccc1N. The summed E-state index contributed by atoms with van der Waals surface area (Å²) in [5.74, 6) is 0.826. The maximum atomic E-state index is 5.68. The van der Waals surface area contributed by atoms with E-state index in [2.05, 4.69) is 20.6 Å². The lowest BCUT2D eigenvalue weighted by atomic mass is 10.3. The third kappa shape index (κ3) is 2.47. The van der Waals surface area contributed by atoms with Crippen molar-refractivity contribution in [3.05, 3.63) is 30.2 Å². The summed E-state index contributed by atoms with van der Waals surface area (Å²) < 4.78 is 1.76. The van der Waals surface area contributed by atoms with Crippen molar-refractivity contribution in [3.63, 3.8) is 0 Å². The Morgan fingerprint density at radius 1 is 1.44 bits per heavy atom. The molecule has 2 rings (SSSR count). The highest BCUT2D eigenvalue weighted by molar-refractivity contribution is 5.48. The van der Waals surface area contributed by atoms with Gasteiger partial charge < -0.3 is 11.1 Å². The van der Waals surface area contributed by atoms with E-state index in [1.807, 2.05) is 25.3 Å². The van der Waals surface area contributed by atoms with Gasteiger partial charge in [-0.05, 0) is 19.1 Å². The molecule has 84 valence electrons. The molecule has 0 aromatic carbocycles. The van der Waals surface area contributed by atoms with Gasteiger partial charge in [-0.2, -0.15) is 0 Å². The number of nitrogens with two attached hydrogens (primary N) is 1. The van der Waals surface area contributed by atoms with Crippen LogP contribution in [0.5, 0.6) is 0 Å². The Morgan fingerprint density at radius 3 is 3.00 bits per heavy atom. The van der Waals surface area contributed by atoms with Gasteiger partial charge in [-0.15, -0.1) is 5.10 Å². The zero-order valence-electron chi connectivity index (χ0n) is 9.09. The Hall–Kier alpha value is -2.11. The Bertz CT molecular complexity index is 450. The number of aromatic nitrogens is 4. The van der Waals surface area contributed by atoms with Crippen LogP contribution in [0, 0.1) is 6.92 Å². The molecule has 0 aliphatic rings. The Kier molecular flexibility index (Phi) is 3.00. The molecule has 0 atom stereocenters. The van der Waals surface area contributed by atoms with Crippen molar-refractivity contribution >= 4 is 11.5 Å². The van der Waals surface area contributed by atoms with E-state index in [1.165, 1.54) is 0 Å². The number of pyridine rings is 1. The second kappa shape index (κ2) is 4.61. The molecule has 0 aliphatic carbocycles. The van der Waals surface area contributed by atoms with E-state index in [0.29, 0.717) is 5.69 Å². The van der Waals surface area contributed by atoms with Gasteiger partial charge in [-0.1, -0.05) is 5.21 Å². The first-order chi connectivity index (χ1) is 7.75. The van der Waals surface area contributed by atoms with Crippen molar-refractivity contribution in [3.8, 4) is 0 Å². The summed E-state index contributed by atoms with van der Waals surface area (Å²) >= 11 is 0. The molecule has 0 fully saturated rings. The highest BCUT2D eigenvalue weighted by Gasteiger charge is 1.98. The lowest BCUT2D eigenvalue weighted by molar-refractivity contribution is 0.608. The average molecular weight is 218 g/mol. The third-order valence-electron chi connectivity index (χ3n) is 2.25. The molecule has 0 radical (unpaired) electrons. The molecule has 0 saturated carbocycles. The van der Waals surface area contributed by atoms with Crippen LogP contribution in [0.2, 0.25) is 0 Å². The monoisotopic (exact) mass is 218 g/mol. The maximum absolute atomic E-state index is 5.68. The van der Waals surface area contributed by atoms with E-state index in [-0.39, 0.29) is 0 Å². The molecular weight excluding hydrogens is 204 g/mol. The lowest BCUT2D eigenvalue weighted by Crippen LogP contribution is -2.12. The zero-order valence-corrected chi connectivity index (χ0v) is 9.09. The highest BCUT2D eigenvalue weighted by Crippen LogP contribution is 2.11. The second-order valence-corrected chi connectivity index (χ2v) is 3.46. The minimum atomic E-state index is 0.710. The van der Waals surface area contributed by atoms with Gasteiger partial charge in [0.1, 0.15) is 5.82 Å². The fourth-order valence-corrected chi connectivity index (χ4v) is 1.32. The second-order valence-electron chi connectivity index (χ2n) is 3.46. The van der Waals surface area contributed by atoms with Crippen molar-refractivity contribution in [1.29, 1.82) is 0 Å². The van der Waals surface area contributed by atoms with Gasteiger partial charge in [0.2, 0.25) is 0 Å². The van der Waals surface area contributed by atoms with Crippen molar-refractivity contribution in [1.82, 2.24) is 20.0 Å². The fourth-order valence-electron chi connectivity index (χ4n) is 1.32.